The van der Waals surface area contributed by atoms with Crippen LogP contribution in [0.1, 0.15) is 37.8 Å². The van der Waals surface area contributed by atoms with E-state index in [1.54, 1.807) is 4.90 Å². The van der Waals surface area contributed by atoms with E-state index in [1.165, 1.54) is 11.0 Å². The first kappa shape index (κ1) is 21.7. The maximum atomic E-state index is 13.8. The summed E-state index contributed by atoms with van der Waals surface area (Å²) in [5.41, 5.74) is -1.47. The number of halogens is 6. The zero-order chi connectivity index (χ0) is 22.4. The summed E-state index contributed by atoms with van der Waals surface area (Å²) >= 11 is 5.70. The summed E-state index contributed by atoms with van der Waals surface area (Å²) < 4.78 is 66.5. The lowest BCUT2D eigenvalue weighted by molar-refractivity contribution is -0.141. The molecule has 1 aromatic carbocycles. The molecule has 4 rings (SSSR count). The first-order valence-corrected chi connectivity index (χ1v) is 10.1. The molecule has 0 saturated carbocycles. The third kappa shape index (κ3) is 4.17. The van der Waals surface area contributed by atoms with Crippen molar-refractivity contribution >= 4 is 29.0 Å². The molecule has 0 bridgehead atoms. The molecule has 2 saturated heterocycles. The van der Waals surface area contributed by atoms with Gasteiger partial charge in [0.25, 0.3) is 0 Å². The predicted molar refractivity (Wildman–Crippen MR) is 104 cm³/mol. The van der Waals surface area contributed by atoms with E-state index < -0.39 is 34.3 Å². The Labute approximate surface area is 179 Å². The Morgan fingerprint density at radius 1 is 1.00 bits per heavy atom. The van der Waals surface area contributed by atoms with Crippen LogP contribution in [0.2, 0.25) is 5.28 Å². The molecule has 2 aliphatic rings. The Balaban J connectivity index is 1.60. The normalized spacial score (nSPS) is 19.2. The van der Waals surface area contributed by atoms with E-state index >= 15 is 0 Å². The van der Waals surface area contributed by atoms with Crippen LogP contribution in [0.4, 0.5) is 33.5 Å². The first-order chi connectivity index (χ1) is 14.6. The maximum Gasteiger partial charge on any atom is 0.433 e. The van der Waals surface area contributed by atoms with Crippen molar-refractivity contribution in [2.24, 2.45) is 0 Å². The quantitative estimate of drug-likeness (QED) is 0.468. The van der Waals surface area contributed by atoms with Gasteiger partial charge in [-0.05, 0) is 49.4 Å². The summed E-state index contributed by atoms with van der Waals surface area (Å²) in [6.07, 6.45) is -2.19. The number of alkyl halides is 3. The average molecular weight is 461 g/mol. The van der Waals surface area contributed by atoms with E-state index in [2.05, 4.69) is 9.97 Å². The van der Waals surface area contributed by atoms with Crippen molar-refractivity contribution in [1.82, 2.24) is 9.97 Å². The standard InChI is InChI=1S/C20H18ClF5N4O/c21-18-27-15(20(24,25)26)11-16(28-18)29-8-6-19(7-9-29)5-1-2-17(31)30(19)12-3-4-13(22)14(23)10-12/h3-4,10-11H,1-2,5-9H2. The second kappa shape index (κ2) is 7.89. The second-order valence-electron chi connectivity index (χ2n) is 7.77. The van der Waals surface area contributed by atoms with Crippen LogP contribution in [-0.4, -0.2) is 34.5 Å². The van der Waals surface area contributed by atoms with E-state index in [9.17, 15) is 26.7 Å². The number of aromatic nitrogens is 2. The Kier molecular flexibility index (Phi) is 5.53. The van der Waals surface area contributed by atoms with Crippen molar-refractivity contribution < 1.29 is 26.7 Å². The molecule has 11 heteroatoms. The lowest BCUT2D eigenvalue weighted by atomic mass is 9.78. The molecule has 0 unspecified atom stereocenters. The van der Waals surface area contributed by atoms with Crippen LogP contribution in [0.15, 0.2) is 24.3 Å². The van der Waals surface area contributed by atoms with Crippen molar-refractivity contribution in [1.29, 1.82) is 0 Å². The van der Waals surface area contributed by atoms with E-state index in [-0.39, 0.29) is 17.4 Å². The van der Waals surface area contributed by atoms with E-state index in [1.807, 2.05) is 0 Å². The molecular formula is C20H18ClF5N4O. The summed E-state index contributed by atoms with van der Waals surface area (Å²) in [6.45, 7) is 0.635. The second-order valence-corrected chi connectivity index (χ2v) is 8.11. The molecule has 2 aliphatic heterocycles. The van der Waals surface area contributed by atoms with Crippen LogP contribution >= 0.6 is 11.6 Å². The van der Waals surface area contributed by atoms with Crippen LogP contribution in [0.25, 0.3) is 0 Å². The number of carbonyl (C=O) groups excluding carboxylic acids is 1. The topological polar surface area (TPSA) is 49.3 Å². The highest BCUT2D eigenvalue weighted by Gasteiger charge is 2.46. The van der Waals surface area contributed by atoms with Crippen molar-refractivity contribution in [2.45, 2.75) is 43.8 Å². The van der Waals surface area contributed by atoms with Gasteiger partial charge in [-0.1, -0.05) is 0 Å². The summed E-state index contributed by atoms with van der Waals surface area (Å²) in [7, 11) is 0. The smallest absolute Gasteiger partial charge is 0.356 e. The Hall–Kier alpha value is -2.49. The third-order valence-electron chi connectivity index (χ3n) is 5.91. The number of carbonyl (C=O) groups is 1. The minimum Gasteiger partial charge on any atom is -0.356 e. The molecule has 0 radical (unpaired) electrons. The molecule has 5 nitrogen and oxygen atoms in total. The molecule has 0 N–H and O–H groups in total. The average Bonchev–Trinajstić information content (AvgIpc) is 2.70. The fourth-order valence-electron chi connectivity index (χ4n) is 4.44. The van der Waals surface area contributed by atoms with Gasteiger partial charge in [0.15, 0.2) is 17.3 Å². The maximum absolute atomic E-state index is 13.8. The highest BCUT2D eigenvalue weighted by molar-refractivity contribution is 6.28. The molecule has 1 aromatic heterocycles. The summed E-state index contributed by atoms with van der Waals surface area (Å²) in [5.74, 6) is -2.17. The van der Waals surface area contributed by atoms with Crippen LogP contribution in [0, 0.1) is 11.6 Å². The van der Waals surface area contributed by atoms with Crippen molar-refractivity contribution in [2.75, 3.05) is 22.9 Å². The van der Waals surface area contributed by atoms with Crippen LogP contribution in [0.3, 0.4) is 0 Å². The summed E-state index contributed by atoms with van der Waals surface area (Å²) in [6, 6.07) is 4.21. The number of nitrogens with zero attached hydrogens (tertiary/aromatic N) is 4. The number of rotatable bonds is 2. The van der Waals surface area contributed by atoms with Gasteiger partial charge in [0.05, 0.1) is 5.54 Å². The molecule has 166 valence electrons. The fourth-order valence-corrected chi connectivity index (χ4v) is 4.62. The number of piperidine rings is 2. The molecule has 1 spiro atoms. The molecule has 1 amide bonds. The van der Waals surface area contributed by atoms with E-state index in [0.29, 0.717) is 45.2 Å². The Morgan fingerprint density at radius 3 is 2.35 bits per heavy atom. The molecule has 0 aliphatic carbocycles. The zero-order valence-corrected chi connectivity index (χ0v) is 17.0. The number of amides is 1. The molecule has 2 fully saturated rings. The highest BCUT2D eigenvalue weighted by atomic mass is 35.5. The van der Waals surface area contributed by atoms with E-state index in [0.717, 1.165) is 18.2 Å². The van der Waals surface area contributed by atoms with Crippen LogP contribution in [0.5, 0.6) is 0 Å². The van der Waals surface area contributed by atoms with Gasteiger partial charge in [-0.15, -0.1) is 0 Å². The minimum atomic E-state index is -4.66. The lowest BCUT2D eigenvalue weighted by Crippen LogP contribution is -2.60. The molecule has 0 atom stereocenters. The molecular weight excluding hydrogens is 443 g/mol. The lowest BCUT2D eigenvalue weighted by Gasteiger charge is -2.51. The number of anilines is 2. The number of benzene rings is 1. The first-order valence-electron chi connectivity index (χ1n) is 9.74. The zero-order valence-electron chi connectivity index (χ0n) is 16.2. The number of hydrogen-bond acceptors (Lipinski definition) is 4. The van der Waals surface area contributed by atoms with Gasteiger partial charge < -0.3 is 9.80 Å². The minimum absolute atomic E-state index is 0.0590. The SMILES string of the molecule is O=C1CCCC2(CCN(c3cc(C(F)(F)F)nc(Cl)n3)CC2)N1c1ccc(F)c(F)c1. The molecule has 3 heterocycles. The summed E-state index contributed by atoms with van der Waals surface area (Å²) in [5, 5.41) is -0.499. The predicted octanol–water partition coefficient (Wildman–Crippen LogP) is 4.98. The van der Waals surface area contributed by atoms with E-state index in [4.69, 9.17) is 11.6 Å². The Bertz CT molecular complexity index is 1010. The Morgan fingerprint density at radius 2 is 1.71 bits per heavy atom. The molecule has 31 heavy (non-hydrogen) atoms. The fraction of sp³-hybridized carbons (Fsp3) is 0.450. The van der Waals surface area contributed by atoms with Gasteiger partial charge in [0.1, 0.15) is 5.82 Å². The van der Waals surface area contributed by atoms with Gasteiger partial charge in [-0.25, -0.2) is 18.7 Å². The summed E-state index contributed by atoms with van der Waals surface area (Å²) in [4.78, 5) is 23.1. The van der Waals surface area contributed by atoms with Gasteiger partial charge in [-0.2, -0.15) is 13.2 Å². The monoisotopic (exact) mass is 460 g/mol. The number of hydrogen-bond donors (Lipinski definition) is 0. The van der Waals surface area contributed by atoms with Gasteiger partial charge in [-0.3, -0.25) is 4.79 Å². The van der Waals surface area contributed by atoms with Crippen molar-refractivity contribution in [3.63, 3.8) is 0 Å². The largest absolute Gasteiger partial charge is 0.433 e. The van der Waals surface area contributed by atoms with Crippen molar-refractivity contribution in [3.8, 4) is 0 Å². The van der Waals surface area contributed by atoms with Crippen molar-refractivity contribution in [3.05, 3.63) is 46.9 Å². The third-order valence-corrected chi connectivity index (χ3v) is 6.08. The molecule has 2 aromatic rings. The van der Waals surface area contributed by atoms with Gasteiger partial charge >= 0.3 is 6.18 Å². The van der Waals surface area contributed by atoms with Crippen LogP contribution < -0.4 is 9.80 Å². The highest BCUT2D eigenvalue weighted by Crippen LogP contribution is 2.42. The van der Waals surface area contributed by atoms with Gasteiger partial charge in [0, 0.05) is 37.3 Å². The van der Waals surface area contributed by atoms with Crippen LogP contribution in [-0.2, 0) is 11.0 Å². The van der Waals surface area contributed by atoms with Gasteiger partial charge in [0.2, 0.25) is 11.2 Å².